The third-order valence-corrected chi connectivity index (χ3v) is 8.33. The van der Waals surface area contributed by atoms with Gasteiger partial charge in [0.1, 0.15) is 0 Å². The minimum absolute atomic E-state index is 0.0557. The van der Waals surface area contributed by atoms with E-state index < -0.39 is 24.0 Å². The van der Waals surface area contributed by atoms with Crippen molar-refractivity contribution in [3.05, 3.63) is 0 Å². The Morgan fingerprint density at radius 2 is 1.40 bits per heavy atom. The number of hydrogen-bond acceptors (Lipinski definition) is 6. The molecule has 0 aliphatic heterocycles. The van der Waals surface area contributed by atoms with Crippen LogP contribution in [0.4, 0.5) is 0 Å². The van der Waals surface area contributed by atoms with Gasteiger partial charge in [-0.25, -0.2) is 0 Å². The number of carboxylic acid groups (broad SMARTS) is 2. The van der Waals surface area contributed by atoms with E-state index in [1.54, 1.807) is 0 Å². The zero-order valence-electron chi connectivity index (χ0n) is 7.66. The van der Waals surface area contributed by atoms with Gasteiger partial charge in [0.25, 0.3) is 0 Å². The Bertz CT molecular complexity index is 209. The second kappa shape index (κ2) is 8.26. The molecule has 0 amide bonds. The van der Waals surface area contributed by atoms with Crippen LogP contribution in [0.3, 0.4) is 0 Å². The van der Waals surface area contributed by atoms with Gasteiger partial charge in [-0.3, -0.25) is 0 Å². The molecule has 0 aliphatic rings. The molecule has 0 aliphatic carbocycles. The van der Waals surface area contributed by atoms with Gasteiger partial charge in [-0.1, -0.05) is 0 Å². The van der Waals surface area contributed by atoms with Crippen LogP contribution >= 0.6 is 20.4 Å². The number of nitrogens with two attached hydrogens (primary N) is 2. The van der Waals surface area contributed by atoms with Gasteiger partial charge in [0, 0.05) is 0 Å². The Labute approximate surface area is 99.8 Å². The van der Waals surface area contributed by atoms with Crippen molar-refractivity contribution in [3.8, 4) is 0 Å². The third-order valence-electron chi connectivity index (χ3n) is 1.23. The fourth-order valence-corrected chi connectivity index (χ4v) is 6.90. The molecule has 0 spiro atoms. The minimum atomic E-state index is -1.02. The molecule has 0 fully saturated rings. The van der Waals surface area contributed by atoms with Crippen molar-refractivity contribution in [3.63, 3.8) is 0 Å². The van der Waals surface area contributed by atoms with Crippen molar-refractivity contribution in [1.82, 2.24) is 0 Å². The summed E-state index contributed by atoms with van der Waals surface area (Å²) in [6.07, 6.45) is 0. The molecule has 6 N–H and O–H groups in total. The molecule has 0 aromatic carbocycles. The molecule has 0 aromatic rings. The Kier molecular flexibility index (Phi) is 8.30. The van der Waals surface area contributed by atoms with E-state index in [9.17, 15) is 9.59 Å². The second-order valence-corrected chi connectivity index (χ2v) is 9.75. The molecule has 88 valence electrons. The monoisotopic (exact) mass is 320 g/mol. The zero-order valence-corrected chi connectivity index (χ0v) is 11.0. The zero-order chi connectivity index (χ0) is 11.8. The molecule has 0 aromatic heterocycles. The van der Waals surface area contributed by atoms with Crippen molar-refractivity contribution in [2.24, 2.45) is 11.5 Å². The van der Waals surface area contributed by atoms with E-state index in [0.29, 0.717) is 11.5 Å². The van der Waals surface area contributed by atoms with Crippen LogP contribution in [0.25, 0.3) is 0 Å². The number of aliphatic carboxylic acids is 2. The van der Waals surface area contributed by atoms with Gasteiger partial charge in [0.15, 0.2) is 0 Å². The van der Waals surface area contributed by atoms with Gasteiger partial charge in [0.05, 0.1) is 0 Å². The van der Waals surface area contributed by atoms with E-state index in [2.05, 4.69) is 0 Å². The van der Waals surface area contributed by atoms with Gasteiger partial charge >= 0.3 is 99.9 Å². The van der Waals surface area contributed by atoms with Crippen LogP contribution in [-0.4, -0.2) is 58.5 Å². The van der Waals surface area contributed by atoms with Gasteiger partial charge < -0.3 is 0 Å². The SMILES string of the molecule is N[C@@H](CS[Se]SC[C@H](N)C(=O)O)C(=O)O. The van der Waals surface area contributed by atoms with Gasteiger partial charge in [-0.15, -0.1) is 0 Å². The van der Waals surface area contributed by atoms with Crippen molar-refractivity contribution in [1.29, 1.82) is 0 Å². The fourth-order valence-electron chi connectivity index (χ4n) is 0.379. The van der Waals surface area contributed by atoms with E-state index >= 15 is 0 Å². The summed E-state index contributed by atoms with van der Waals surface area (Å²) in [4.78, 5) is 20.6. The van der Waals surface area contributed by atoms with E-state index in [-0.39, 0.29) is 12.7 Å². The Balaban J connectivity index is 3.40. The summed E-state index contributed by atoms with van der Waals surface area (Å²) in [7, 11) is 2.83. The first-order chi connectivity index (χ1) is 6.95. The maximum absolute atomic E-state index is 10.3. The first kappa shape index (κ1) is 15.1. The van der Waals surface area contributed by atoms with Crippen molar-refractivity contribution >= 4 is 45.0 Å². The summed E-state index contributed by atoms with van der Waals surface area (Å²) >= 11 is 0.0557. The van der Waals surface area contributed by atoms with Crippen molar-refractivity contribution < 1.29 is 19.8 Å². The normalized spacial score (nSPS) is 14.5. The molecule has 0 saturated carbocycles. The Morgan fingerprint density at radius 1 is 1.07 bits per heavy atom. The van der Waals surface area contributed by atoms with Crippen LogP contribution in [0.1, 0.15) is 0 Å². The van der Waals surface area contributed by atoms with Crippen LogP contribution in [0.15, 0.2) is 0 Å². The summed E-state index contributed by atoms with van der Waals surface area (Å²) in [5, 5.41) is 16.9. The molecule has 15 heavy (non-hydrogen) atoms. The average molecular weight is 319 g/mol. The molecule has 0 rings (SSSR count). The molecule has 0 heterocycles. The topological polar surface area (TPSA) is 127 Å². The Morgan fingerprint density at radius 3 is 1.67 bits per heavy atom. The van der Waals surface area contributed by atoms with Crippen LogP contribution in [0.2, 0.25) is 0 Å². The summed E-state index contributed by atoms with van der Waals surface area (Å²) in [6.45, 7) is 0. The number of rotatable bonds is 8. The molecular formula is C6H12N2O4S2Se. The summed E-state index contributed by atoms with van der Waals surface area (Å²) in [5.74, 6) is -1.37. The molecule has 0 saturated heterocycles. The first-order valence-electron chi connectivity index (χ1n) is 3.83. The number of carboxylic acids is 2. The van der Waals surface area contributed by atoms with Gasteiger partial charge in [0.2, 0.25) is 0 Å². The third kappa shape index (κ3) is 7.95. The van der Waals surface area contributed by atoms with Crippen LogP contribution in [0, 0.1) is 0 Å². The van der Waals surface area contributed by atoms with Crippen LogP contribution < -0.4 is 11.5 Å². The van der Waals surface area contributed by atoms with E-state index in [1.807, 2.05) is 0 Å². The summed E-state index contributed by atoms with van der Waals surface area (Å²) in [6, 6.07) is -1.71. The number of hydrogen-bond donors (Lipinski definition) is 4. The summed E-state index contributed by atoms with van der Waals surface area (Å²) in [5.41, 5.74) is 10.5. The van der Waals surface area contributed by atoms with Gasteiger partial charge in [-0.2, -0.15) is 0 Å². The average Bonchev–Trinajstić information content (AvgIpc) is 2.16. The molecular weight excluding hydrogens is 307 g/mol. The molecule has 0 radical (unpaired) electrons. The first-order valence-corrected chi connectivity index (χ1v) is 9.84. The van der Waals surface area contributed by atoms with Crippen molar-refractivity contribution in [2.75, 3.05) is 11.5 Å². The van der Waals surface area contributed by atoms with Crippen LogP contribution in [0.5, 0.6) is 0 Å². The van der Waals surface area contributed by atoms with E-state index in [1.165, 1.54) is 20.4 Å². The quantitative estimate of drug-likeness (QED) is 0.325. The predicted molar refractivity (Wildman–Crippen MR) is 61.9 cm³/mol. The molecule has 9 heteroatoms. The van der Waals surface area contributed by atoms with E-state index in [4.69, 9.17) is 21.7 Å². The fraction of sp³-hybridized carbons (Fsp3) is 0.667. The second-order valence-electron chi connectivity index (χ2n) is 2.53. The molecule has 0 unspecified atom stereocenters. The standard InChI is InChI=1S/C6H12N2O4S2Se/c7-3(5(9)10)1-13-15-14-2-4(8)6(11)12/h3-4H,1-2,7-8H2,(H,9,10)(H,11,12)/t3-,4-/m0/s1. The molecule has 2 atom stereocenters. The van der Waals surface area contributed by atoms with E-state index in [0.717, 1.165) is 0 Å². The summed E-state index contributed by atoms with van der Waals surface area (Å²) < 4.78 is 0. The van der Waals surface area contributed by atoms with Crippen LogP contribution in [-0.2, 0) is 9.59 Å². The van der Waals surface area contributed by atoms with Crippen molar-refractivity contribution in [2.45, 2.75) is 12.1 Å². The molecule has 0 bridgehead atoms. The molecule has 6 nitrogen and oxygen atoms in total. The maximum atomic E-state index is 10.3. The van der Waals surface area contributed by atoms with Gasteiger partial charge in [-0.05, 0) is 0 Å². The Hall–Kier alpha value is 0.0795. The predicted octanol–water partition coefficient (Wildman–Crippen LogP) is -1.19. The number of carbonyl (C=O) groups is 2.